The second kappa shape index (κ2) is 6.31. The number of esters is 1. The van der Waals surface area contributed by atoms with Crippen molar-refractivity contribution in [2.75, 3.05) is 7.11 Å². The van der Waals surface area contributed by atoms with Crippen LogP contribution < -0.4 is 5.32 Å². The number of aromatic amines is 1. The number of aromatic carboxylic acids is 1. The Bertz CT molecular complexity index is 991. The zero-order valence-electron chi connectivity index (χ0n) is 14.2. The Morgan fingerprint density at radius 2 is 1.85 bits per heavy atom. The third kappa shape index (κ3) is 2.64. The Kier molecular flexibility index (Phi) is 3.97. The molecule has 3 N–H and O–H groups in total. The normalized spacial score (nSPS) is 19.1. The number of H-pyrrole nitrogens is 1. The molecular formula is C20H18N2O4. The quantitative estimate of drug-likeness (QED) is 0.632. The van der Waals surface area contributed by atoms with E-state index in [0.717, 1.165) is 27.7 Å². The van der Waals surface area contributed by atoms with Gasteiger partial charge in [0.15, 0.2) is 0 Å². The molecule has 3 aromatic rings. The number of fused-ring (bicyclic) bond motifs is 3. The lowest BCUT2D eigenvalue weighted by Crippen LogP contribution is -2.45. The van der Waals surface area contributed by atoms with Crippen molar-refractivity contribution in [2.45, 2.75) is 18.5 Å². The summed E-state index contributed by atoms with van der Waals surface area (Å²) in [5.41, 5.74) is 4.20. The second-order valence-corrected chi connectivity index (χ2v) is 6.37. The maximum Gasteiger partial charge on any atom is 0.335 e. The Morgan fingerprint density at radius 1 is 1.12 bits per heavy atom. The number of benzene rings is 2. The summed E-state index contributed by atoms with van der Waals surface area (Å²) >= 11 is 0. The molecule has 0 radical (unpaired) electrons. The van der Waals surface area contributed by atoms with E-state index < -0.39 is 12.0 Å². The minimum Gasteiger partial charge on any atom is -0.478 e. The molecule has 6 heteroatoms. The highest BCUT2D eigenvalue weighted by Gasteiger charge is 2.34. The van der Waals surface area contributed by atoms with E-state index in [9.17, 15) is 9.59 Å². The van der Waals surface area contributed by atoms with Gasteiger partial charge in [0.25, 0.3) is 0 Å². The highest BCUT2D eigenvalue weighted by atomic mass is 16.5. The highest BCUT2D eigenvalue weighted by Crippen LogP contribution is 2.35. The monoisotopic (exact) mass is 350 g/mol. The van der Waals surface area contributed by atoms with Gasteiger partial charge in [-0.05, 0) is 29.3 Å². The first-order valence-corrected chi connectivity index (χ1v) is 8.35. The van der Waals surface area contributed by atoms with Crippen molar-refractivity contribution < 1.29 is 19.4 Å². The van der Waals surface area contributed by atoms with E-state index in [2.05, 4.69) is 10.3 Å². The van der Waals surface area contributed by atoms with Crippen LogP contribution >= 0.6 is 0 Å². The maximum absolute atomic E-state index is 12.2. The molecule has 4 rings (SSSR count). The summed E-state index contributed by atoms with van der Waals surface area (Å²) < 4.78 is 4.94. The number of ether oxygens (including phenoxy) is 1. The number of aromatic nitrogens is 1. The average Bonchev–Trinajstić information content (AvgIpc) is 3.05. The number of para-hydroxylation sites is 1. The Morgan fingerprint density at radius 3 is 2.54 bits per heavy atom. The van der Waals surface area contributed by atoms with E-state index in [1.165, 1.54) is 7.11 Å². The Hall–Kier alpha value is -3.12. The van der Waals surface area contributed by atoms with Crippen molar-refractivity contribution in [1.29, 1.82) is 0 Å². The molecule has 1 aliphatic heterocycles. The lowest BCUT2D eigenvalue weighted by atomic mass is 9.90. The predicted molar refractivity (Wildman–Crippen MR) is 96.2 cm³/mol. The Balaban J connectivity index is 1.83. The van der Waals surface area contributed by atoms with Gasteiger partial charge in [0.05, 0.1) is 18.7 Å². The molecule has 0 spiro atoms. The first-order valence-electron chi connectivity index (χ1n) is 8.35. The lowest BCUT2D eigenvalue weighted by Gasteiger charge is -2.30. The van der Waals surface area contributed by atoms with Crippen LogP contribution in [0, 0.1) is 0 Å². The van der Waals surface area contributed by atoms with Crippen molar-refractivity contribution in [3.05, 3.63) is 70.9 Å². The van der Waals surface area contributed by atoms with Crippen LogP contribution in [0.1, 0.15) is 33.2 Å². The Labute approximate surface area is 149 Å². The van der Waals surface area contributed by atoms with Crippen molar-refractivity contribution in [2.24, 2.45) is 0 Å². The van der Waals surface area contributed by atoms with E-state index in [4.69, 9.17) is 9.84 Å². The fraction of sp³-hybridized carbons (Fsp3) is 0.200. The average molecular weight is 350 g/mol. The molecule has 2 atom stereocenters. The molecule has 1 aromatic heterocycles. The molecule has 26 heavy (non-hydrogen) atoms. The van der Waals surface area contributed by atoms with Crippen molar-refractivity contribution in [1.82, 2.24) is 10.3 Å². The van der Waals surface area contributed by atoms with E-state index >= 15 is 0 Å². The molecule has 2 heterocycles. The van der Waals surface area contributed by atoms with Crippen LogP contribution in [0.15, 0.2) is 48.5 Å². The van der Waals surface area contributed by atoms with Gasteiger partial charge in [0, 0.05) is 23.0 Å². The number of carboxylic acids is 1. The van der Waals surface area contributed by atoms with Crippen LogP contribution in [0.2, 0.25) is 0 Å². The lowest BCUT2D eigenvalue weighted by molar-refractivity contribution is -0.143. The summed E-state index contributed by atoms with van der Waals surface area (Å²) in [6, 6.07) is 14.0. The number of rotatable bonds is 3. The molecule has 0 fully saturated rings. The van der Waals surface area contributed by atoms with Crippen LogP contribution in [-0.4, -0.2) is 35.2 Å². The summed E-state index contributed by atoms with van der Waals surface area (Å²) in [6.45, 7) is 0. The molecule has 0 amide bonds. The van der Waals surface area contributed by atoms with Gasteiger partial charge in [0.2, 0.25) is 0 Å². The maximum atomic E-state index is 12.2. The molecule has 1 aliphatic rings. The molecule has 132 valence electrons. The van der Waals surface area contributed by atoms with E-state index in [1.807, 2.05) is 24.3 Å². The summed E-state index contributed by atoms with van der Waals surface area (Å²) in [4.78, 5) is 26.7. The summed E-state index contributed by atoms with van der Waals surface area (Å²) in [6.07, 6.45) is 0.537. The van der Waals surface area contributed by atoms with Gasteiger partial charge in [-0.25, -0.2) is 4.79 Å². The number of carboxylic acid groups (broad SMARTS) is 1. The molecule has 2 aromatic carbocycles. The SMILES string of the molecule is COC(=O)[C@H]1Cc2c([nH]c3ccccc23)[C@H](c2ccc(C(=O)O)cc2)N1. The standard InChI is InChI=1S/C20H18N2O4/c1-26-20(25)16-10-14-13-4-2-3-5-15(13)21-18(14)17(22-16)11-6-8-12(9-7-11)19(23)24/h2-9,16-17,21-22H,10H2,1H3,(H,23,24)/t16-,17+/m1/s1. The summed E-state index contributed by atoms with van der Waals surface area (Å²) in [5, 5.41) is 13.5. The number of carbonyl (C=O) groups excluding carboxylic acids is 1. The molecule has 0 saturated carbocycles. The number of carbonyl (C=O) groups is 2. The van der Waals surface area contributed by atoms with Crippen molar-refractivity contribution in [3.8, 4) is 0 Å². The molecule has 6 nitrogen and oxygen atoms in total. The third-order valence-electron chi connectivity index (χ3n) is 4.89. The molecule has 0 bridgehead atoms. The minimum absolute atomic E-state index is 0.228. The van der Waals surface area contributed by atoms with Gasteiger partial charge in [-0.1, -0.05) is 30.3 Å². The zero-order chi connectivity index (χ0) is 18.3. The van der Waals surface area contributed by atoms with Crippen LogP contribution in [0.25, 0.3) is 10.9 Å². The second-order valence-electron chi connectivity index (χ2n) is 6.37. The van der Waals surface area contributed by atoms with Crippen molar-refractivity contribution >= 4 is 22.8 Å². The van der Waals surface area contributed by atoms with Gasteiger partial charge in [-0.3, -0.25) is 10.1 Å². The largest absolute Gasteiger partial charge is 0.478 e. The molecule has 0 saturated heterocycles. The van der Waals surface area contributed by atoms with Crippen molar-refractivity contribution in [3.63, 3.8) is 0 Å². The number of methoxy groups -OCH3 is 1. The number of hydrogen-bond acceptors (Lipinski definition) is 4. The topological polar surface area (TPSA) is 91.4 Å². The van der Waals surface area contributed by atoms with Crippen LogP contribution in [0.4, 0.5) is 0 Å². The fourth-order valence-electron chi connectivity index (χ4n) is 3.61. The number of hydrogen-bond donors (Lipinski definition) is 3. The third-order valence-corrected chi connectivity index (χ3v) is 4.89. The first kappa shape index (κ1) is 16.4. The smallest absolute Gasteiger partial charge is 0.335 e. The van der Waals surface area contributed by atoms with Crippen LogP contribution in [0.5, 0.6) is 0 Å². The van der Waals surface area contributed by atoms with Gasteiger partial charge < -0.3 is 14.8 Å². The van der Waals surface area contributed by atoms with Crippen LogP contribution in [0.3, 0.4) is 0 Å². The molecule has 0 aliphatic carbocycles. The van der Waals surface area contributed by atoms with Gasteiger partial charge in [-0.2, -0.15) is 0 Å². The van der Waals surface area contributed by atoms with Gasteiger partial charge >= 0.3 is 11.9 Å². The summed E-state index contributed by atoms with van der Waals surface area (Å²) in [7, 11) is 1.38. The van der Waals surface area contributed by atoms with Gasteiger partial charge in [-0.15, -0.1) is 0 Å². The number of nitrogens with one attached hydrogen (secondary N) is 2. The van der Waals surface area contributed by atoms with E-state index in [0.29, 0.717) is 6.42 Å². The van der Waals surface area contributed by atoms with E-state index in [1.54, 1.807) is 24.3 Å². The highest BCUT2D eigenvalue weighted by molar-refractivity contribution is 5.88. The van der Waals surface area contributed by atoms with Gasteiger partial charge in [0.1, 0.15) is 6.04 Å². The molecular weight excluding hydrogens is 332 g/mol. The fourth-order valence-corrected chi connectivity index (χ4v) is 3.61. The summed E-state index contributed by atoms with van der Waals surface area (Å²) in [5.74, 6) is -1.28. The molecule has 0 unspecified atom stereocenters. The zero-order valence-corrected chi connectivity index (χ0v) is 14.2. The first-order chi connectivity index (χ1) is 12.6. The minimum atomic E-state index is -0.966. The van der Waals surface area contributed by atoms with Crippen LogP contribution in [-0.2, 0) is 16.0 Å². The van der Waals surface area contributed by atoms with E-state index in [-0.39, 0.29) is 17.6 Å². The predicted octanol–water partition coefficient (Wildman–Crippen LogP) is 2.64.